The smallest absolute Gasteiger partial charge is 0.323 e. The lowest BCUT2D eigenvalue weighted by atomic mass is 9.96. The number of halogens is 2. The lowest BCUT2D eigenvalue weighted by molar-refractivity contribution is -0.140. The number of nitriles is 1. The third kappa shape index (κ3) is 9.63. The van der Waals surface area contributed by atoms with E-state index in [1.807, 2.05) is 18.2 Å². The van der Waals surface area contributed by atoms with E-state index in [0.29, 0.717) is 39.3 Å². The Morgan fingerprint density at radius 1 is 1.04 bits per heavy atom. The van der Waals surface area contributed by atoms with Crippen LogP contribution in [-0.2, 0) is 35.7 Å². The van der Waals surface area contributed by atoms with Gasteiger partial charge in [-0.25, -0.2) is 0 Å². The number of aliphatic hydroxyl groups is 1. The van der Waals surface area contributed by atoms with E-state index in [1.165, 1.54) is 17.4 Å². The summed E-state index contributed by atoms with van der Waals surface area (Å²) in [4.78, 5) is 20.6. The van der Waals surface area contributed by atoms with Crippen LogP contribution in [0.2, 0.25) is 10.0 Å². The van der Waals surface area contributed by atoms with Gasteiger partial charge in [0.05, 0.1) is 28.3 Å². The first-order chi connectivity index (χ1) is 26.3. The van der Waals surface area contributed by atoms with Crippen LogP contribution in [0.1, 0.15) is 47.6 Å². The molecule has 0 spiro atoms. The standard InChI is InChI=1S/C41H45Cl2N5O6/c1-2-52-31-10-14-47(23-31)12-5-13-48-15-11-33-32(7-4-9-37(33)48)34-8-3-6-29(40(34)43)26-54-39-18-38(53-25-28-16-27(19-44)20-45-21-28)30(17-35(39)42)22-46-36(24-49)41(50)51/h3-4,6-9,16-18,20-21,31,36,46,49H,2,5,10-15,22-26H2,1H3,(H,50,51). The van der Waals surface area contributed by atoms with Crippen molar-refractivity contribution < 1.29 is 29.2 Å². The maximum absolute atomic E-state index is 11.5. The number of aliphatic carboxylic acids is 1. The Kier molecular flexibility index (Phi) is 13.6. The topological polar surface area (TPSA) is 140 Å². The molecule has 11 nitrogen and oxygen atoms in total. The molecule has 3 N–H and O–H groups in total. The monoisotopic (exact) mass is 773 g/mol. The number of nitrogens with zero attached hydrogens (tertiary/aromatic N) is 4. The van der Waals surface area contributed by atoms with Crippen LogP contribution in [0.15, 0.2) is 67.0 Å². The van der Waals surface area contributed by atoms with Crippen LogP contribution in [0.4, 0.5) is 5.69 Å². The molecule has 4 aromatic rings. The lowest BCUT2D eigenvalue weighted by Gasteiger charge is -2.22. The van der Waals surface area contributed by atoms with Crippen LogP contribution in [-0.4, -0.2) is 84.1 Å². The van der Waals surface area contributed by atoms with Crippen molar-refractivity contribution in [1.29, 1.82) is 5.26 Å². The number of carboxylic acid groups (broad SMARTS) is 1. The summed E-state index contributed by atoms with van der Waals surface area (Å²) < 4.78 is 18.2. The number of anilines is 1. The van der Waals surface area contributed by atoms with E-state index in [2.05, 4.69) is 51.3 Å². The molecule has 13 heteroatoms. The SMILES string of the molecule is CCOC1CCN(CCCN2CCc3c(-c4cccc(COc5cc(OCc6cncc(C#N)c6)c(CNC(CO)C(=O)O)cc5Cl)c4Cl)cccc32)C1. The van der Waals surface area contributed by atoms with Crippen LogP contribution in [0.3, 0.4) is 0 Å². The number of likely N-dealkylation sites (tertiary alicyclic amines) is 1. The van der Waals surface area contributed by atoms with E-state index in [4.69, 9.17) is 37.4 Å². The molecule has 2 unspecified atom stereocenters. The molecular formula is C41H45Cl2N5O6. The molecular weight excluding hydrogens is 729 g/mol. The minimum absolute atomic E-state index is 0.0450. The number of nitrogens with one attached hydrogen (secondary N) is 1. The molecule has 0 radical (unpaired) electrons. The van der Waals surface area contributed by atoms with Crippen molar-refractivity contribution in [3.8, 4) is 28.7 Å². The predicted octanol–water partition coefficient (Wildman–Crippen LogP) is 6.48. The van der Waals surface area contributed by atoms with Gasteiger partial charge < -0.3 is 34.2 Å². The van der Waals surface area contributed by atoms with Crippen LogP contribution in [0.5, 0.6) is 11.5 Å². The van der Waals surface area contributed by atoms with Crippen molar-refractivity contribution in [2.45, 2.75) is 58.1 Å². The quantitative estimate of drug-likeness (QED) is 0.102. The Labute approximate surface area is 326 Å². The second-order valence-corrected chi connectivity index (χ2v) is 14.2. The summed E-state index contributed by atoms with van der Waals surface area (Å²) in [6.07, 6.45) is 6.58. The lowest BCUT2D eigenvalue weighted by Crippen LogP contribution is -2.39. The number of aromatic nitrogens is 1. The second kappa shape index (κ2) is 18.8. The summed E-state index contributed by atoms with van der Waals surface area (Å²) in [6, 6.07) is 18.2. The number of benzene rings is 3. The molecule has 3 aromatic carbocycles. The molecule has 1 aromatic heterocycles. The number of carbonyl (C=O) groups is 1. The van der Waals surface area contributed by atoms with Crippen molar-refractivity contribution in [2.24, 2.45) is 0 Å². The molecule has 3 heterocycles. The molecule has 2 aliphatic heterocycles. The highest BCUT2D eigenvalue weighted by atomic mass is 35.5. The maximum Gasteiger partial charge on any atom is 0.323 e. The van der Waals surface area contributed by atoms with E-state index in [0.717, 1.165) is 75.3 Å². The molecule has 0 bridgehead atoms. The molecule has 1 fully saturated rings. The second-order valence-electron chi connectivity index (χ2n) is 13.5. The molecule has 0 amide bonds. The van der Waals surface area contributed by atoms with E-state index >= 15 is 0 Å². The molecule has 6 rings (SSSR count). The van der Waals surface area contributed by atoms with Crippen molar-refractivity contribution in [2.75, 3.05) is 50.8 Å². The summed E-state index contributed by atoms with van der Waals surface area (Å²) in [6.45, 7) is 7.67. The summed E-state index contributed by atoms with van der Waals surface area (Å²) in [5.74, 6) is -0.464. The molecule has 0 saturated carbocycles. The summed E-state index contributed by atoms with van der Waals surface area (Å²) in [7, 11) is 0. The number of hydrogen-bond acceptors (Lipinski definition) is 10. The van der Waals surface area contributed by atoms with Gasteiger partial charge in [-0.15, -0.1) is 0 Å². The fourth-order valence-corrected chi connectivity index (χ4v) is 7.63. The largest absolute Gasteiger partial charge is 0.488 e. The van der Waals surface area contributed by atoms with Crippen molar-refractivity contribution in [3.63, 3.8) is 0 Å². The van der Waals surface area contributed by atoms with E-state index in [9.17, 15) is 20.3 Å². The van der Waals surface area contributed by atoms with Gasteiger partial charge in [0.1, 0.15) is 36.8 Å². The third-order valence-corrected chi connectivity index (χ3v) is 10.6. The van der Waals surface area contributed by atoms with Gasteiger partial charge in [-0.2, -0.15) is 5.26 Å². The average Bonchev–Trinajstić information content (AvgIpc) is 3.81. The fraction of sp³-hybridized carbons (Fsp3) is 0.390. The van der Waals surface area contributed by atoms with Gasteiger partial charge in [0.2, 0.25) is 0 Å². The van der Waals surface area contributed by atoms with Gasteiger partial charge in [0, 0.05) is 85.7 Å². The molecule has 2 aliphatic rings. The Morgan fingerprint density at radius 2 is 1.85 bits per heavy atom. The van der Waals surface area contributed by atoms with Crippen LogP contribution in [0, 0.1) is 11.3 Å². The number of hydrogen-bond donors (Lipinski definition) is 3. The van der Waals surface area contributed by atoms with Gasteiger partial charge >= 0.3 is 5.97 Å². The van der Waals surface area contributed by atoms with Gasteiger partial charge in [-0.3, -0.25) is 15.1 Å². The molecule has 284 valence electrons. The number of rotatable bonds is 18. The van der Waals surface area contributed by atoms with Gasteiger partial charge in [-0.05, 0) is 62.1 Å². The number of carboxylic acids is 1. The number of ether oxygens (including phenoxy) is 3. The highest BCUT2D eigenvalue weighted by Crippen LogP contribution is 2.41. The highest BCUT2D eigenvalue weighted by molar-refractivity contribution is 6.34. The van der Waals surface area contributed by atoms with Crippen LogP contribution >= 0.6 is 23.2 Å². The van der Waals surface area contributed by atoms with E-state index < -0.39 is 18.6 Å². The van der Waals surface area contributed by atoms with Gasteiger partial charge in [0.25, 0.3) is 0 Å². The van der Waals surface area contributed by atoms with Crippen LogP contribution in [0.25, 0.3) is 11.1 Å². The number of fused-ring (bicyclic) bond motifs is 1. The summed E-state index contributed by atoms with van der Waals surface area (Å²) >= 11 is 13.8. The number of aliphatic hydroxyl groups excluding tert-OH is 1. The molecule has 1 saturated heterocycles. The summed E-state index contributed by atoms with van der Waals surface area (Å²) in [5.41, 5.74) is 7.01. The highest BCUT2D eigenvalue weighted by Gasteiger charge is 2.26. The molecule has 0 aliphatic carbocycles. The first-order valence-corrected chi connectivity index (χ1v) is 19.0. The van der Waals surface area contributed by atoms with Crippen molar-refractivity contribution in [1.82, 2.24) is 15.2 Å². The van der Waals surface area contributed by atoms with Crippen molar-refractivity contribution >= 4 is 34.9 Å². The Bertz CT molecular complexity index is 1970. The molecule has 54 heavy (non-hydrogen) atoms. The summed E-state index contributed by atoms with van der Waals surface area (Å²) in [5, 5.41) is 31.9. The minimum atomic E-state index is -1.19. The Morgan fingerprint density at radius 3 is 2.65 bits per heavy atom. The first-order valence-electron chi connectivity index (χ1n) is 18.3. The van der Waals surface area contributed by atoms with Gasteiger partial charge in [0.15, 0.2) is 0 Å². The first kappa shape index (κ1) is 39.3. The average molecular weight is 775 g/mol. The zero-order valence-electron chi connectivity index (χ0n) is 30.3. The third-order valence-electron chi connectivity index (χ3n) is 9.86. The minimum Gasteiger partial charge on any atom is -0.488 e. The fourth-order valence-electron chi connectivity index (χ4n) is 7.11. The van der Waals surface area contributed by atoms with Crippen molar-refractivity contribution in [3.05, 3.63) is 105 Å². The van der Waals surface area contributed by atoms with E-state index in [-0.39, 0.29) is 24.8 Å². The van der Waals surface area contributed by atoms with Crippen LogP contribution < -0.4 is 19.7 Å². The van der Waals surface area contributed by atoms with Gasteiger partial charge in [-0.1, -0.05) is 53.5 Å². The zero-order valence-corrected chi connectivity index (χ0v) is 31.8. The maximum atomic E-state index is 11.5. The zero-order chi connectivity index (χ0) is 38.0. The predicted molar refractivity (Wildman–Crippen MR) is 208 cm³/mol. The molecule has 2 atom stereocenters. The Balaban J connectivity index is 1.16. The Hall–Kier alpha value is -4.41. The number of pyridine rings is 1. The normalized spacial score (nSPS) is 15.9. The van der Waals surface area contributed by atoms with E-state index in [1.54, 1.807) is 24.4 Å².